The smallest absolute Gasteiger partial charge is 0.317 e. The number of aryl methyl sites for hydroxylation is 1. The molecule has 1 aromatic carbocycles. The molecule has 3 aromatic rings. The Hall–Kier alpha value is -6.11. The number of piperidine rings is 3. The van der Waals surface area contributed by atoms with Gasteiger partial charge in [0.05, 0.1) is 36.0 Å². The van der Waals surface area contributed by atoms with Crippen LogP contribution in [-0.4, -0.2) is 139 Å². The van der Waals surface area contributed by atoms with E-state index in [1.807, 2.05) is 11.0 Å². The molecular weight excluding hydrogens is 841 g/mol. The first kappa shape index (κ1) is 44.1. The van der Waals surface area contributed by atoms with Gasteiger partial charge in [-0.15, -0.1) is 0 Å². The van der Waals surface area contributed by atoms with Crippen molar-refractivity contribution in [3.05, 3.63) is 76.3 Å². The molecule has 19 heteroatoms. The van der Waals surface area contributed by atoms with Crippen molar-refractivity contribution in [1.29, 1.82) is 0 Å². The molecule has 3 atom stereocenters. The Bertz CT molecular complexity index is 2460. The zero-order valence-electron chi connectivity index (χ0n) is 37.1. The largest absolute Gasteiger partial charge is 0.384 e. The second-order valence-electron chi connectivity index (χ2n) is 18.4. The third-order valence-electron chi connectivity index (χ3n) is 14.3. The number of carbonyl (C=O) groups is 5. The van der Waals surface area contributed by atoms with E-state index in [2.05, 4.69) is 32.2 Å². The van der Waals surface area contributed by atoms with Crippen LogP contribution < -0.4 is 15.5 Å². The number of anilines is 2. The number of rotatable bonds is 11. The van der Waals surface area contributed by atoms with Crippen molar-refractivity contribution in [3.63, 3.8) is 0 Å². The van der Waals surface area contributed by atoms with Crippen molar-refractivity contribution < 1.29 is 38.0 Å². The lowest BCUT2D eigenvalue weighted by Gasteiger charge is -2.49. The fourth-order valence-corrected chi connectivity index (χ4v) is 10.9. The van der Waals surface area contributed by atoms with Crippen LogP contribution in [0.5, 0.6) is 0 Å². The molecule has 0 bridgehead atoms. The first-order chi connectivity index (χ1) is 31.3. The number of hydroxylamine groups is 2. The molecule has 6 amide bonds. The van der Waals surface area contributed by atoms with E-state index < -0.39 is 35.6 Å². The Labute approximate surface area is 376 Å². The Kier molecular flexibility index (Phi) is 12.0. The van der Waals surface area contributed by atoms with Gasteiger partial charge in [0.15, 0.2) is 5.82 Å². The standard InChI is InChI=1S/C46H57F2N11O6/c1-46-16-8-18-56(37(46)23-31(40(47)48)32(24-46)28-25-51-53(3)26-28)41-33-27-55(45(64)49-2)22-15-35(33)59(52-41)29-13-20-54(21-14-29)38(60)12-4-5-17-50-34-10-6-9-30-39(34)44(63)58(42(30)61)36-11-7-19-57(65)43(36)62/h6,9-10,23-26,29,36-37,40,50,65H,4-5,7-8,11-22,27H2,1-3H3,(H,49,64). The maximum Gasteiger partial charge on any atom is 0.317 e. The van der Waals surface area contributed by atoms with Crippen molar-refractivity contribution in [2.24, 2.45) is 12.5 Å². The summed E-state index contributed by atoms with van der Waals surface area (Å²) in [4.78, 5) is 72.6. The van der Waals surface area contributed by atoms with Gasteiger partial charge in [-0.3, -0.25) is 38.6 Å². The second-order valence-corrected chi connectivity index (χ2v) is 18.4. The van der Waals surface area contributed by atoms with Crippen molar-refractivity contribution >= 4 is 46.7 Å². The quantitative estimate of drug-likeness (QED) is 0.135. The summed E-state index contributed by atoms with van der Waals surface area (Å²) in [6.45, 7) is 5.36. The van der Waals surface area contributed by atoms with Crippen LogP contribution in [0.3, 0.4) is 0 Å². The molecule has 346 valence electrons. The molecular formula is C46H57F2N11O6. The maximum atomic E-state index is 14.9. The molecule has 17 nitrogen and oxygen atoms in total. The number of nitrogens with one attached hydrogen (secondary N) is 2. The lowest BCUT2D eigenvalue weighted by Crippen LogP contribution is -2.53. The third kappa shape index (κ3) is 8.05. The molecule has 0 saturated carbocycles. The molecule has 3 saturated heterocycles. The van der Waals surface area contributed by atoms with Gasteiger partial charge in [0.25, 0.3) is 24.1 Å². The number of imide groups is 1. The van der Waals surface area contributed by atoms with Crippen molar-refractivity contribution in [1.82, 2.24) is 44.6 Å². The van der Waals surface area contributed by atoms with Gasteiger partial charge in [0.1, 0.15) is 6.04 Å². The summed E-state index contributed by atoms with van der Waals surface area (Å²) in [5.74, 6) is -0.995. The molecule has 9 rings (SSSR count). The number of nitrogens with zero attached hydrogens (tertiary/aromatic N) is 9. The predicted octanol–water partition coefficient (Wildman–Crippen LogP) is 5.00. The number of unbranched alkanes of at least 4 members (excludes halogenated alkanes) is 1. The number of halogens is 2. The van der Waals surface area contributed by atoms with Crippen LogP contribution in [0.4, 0.5) is 25.1 Å². The van der Waals surface area contributed by atoms with Gasteiger partial charge in [-0.25, -0.2) is 18.6 Å². The zero-order valence-corrected chi connectivity index (χ0v) is 37.1. The first-order valence-electron chi connectivity index (χ1n) is 22.9. The lowest BCUT2D eigenvalue weighted by molar-refractivity contribution is -0.175. The van der Waals surface area contributed by atoms with Crippen molar-refractivity contribution in [2.75, 3.05) is 56.5 Å². The van der Waals surface area contributed by atoms with Crippen LogP contribution in [0, 0.1) is 5.41 Å². The first-order valence-corrected chi connectivity index (χ1v) is 22.9. The number of urea groups is 1. The number of fused-ring (bicyclic) bond motifs is 3. The topological polar surface area (TPSA) is 181 Å². The molecule has 2 aromatic heterocycles. The molecule has 1 aliphatic carbocycles. The van der Waals surface area contributed by atoms with Gasteiger partial charge in [0.2, 0.25) is 5.91 Å². The zero-order chi connectivity index (χ0) is 45.7. The van der Waals surface area contributed by atoms with E-state index in [1.165, 1.54) is 0 Å². The molecule has 3 fully saturated rings. The van der Waals surface area contributed by atoms with Gasteiger partial charge in [-0.1, -0.05) is 25.1 Å². The molecule has 0 spiro atoms. The third-order valence-corrected chi connectivity index (χ3v) is 14.3. The van der Waals surface area contributed by atoms with E-state index in [4.69, 9.17) is 5.10 Å². The average molecular weight is 898 g/mol. The van der Waals surface area contributed by atoms with Crippen LogP contribution in [0.1, 0.15) is 108 Å². The number of hydrogen-bond acceptors (Lipinski definition) is 10. The number of benzene rings is 1. The van der Waals surface area contributed by atoms with E-state index in [0.29, 0.717) is 113 Å². The van der Waals surface area contributed by atoms with Gasteiger partial charge < -0.3 is 25.3 Å². The number of allylic oxidation sites excluding steroid dienone is 2. The highest BCUT2D eigenvalue weighted by molar-refractivity contribution is 6.25. The Morgan fingerprint density at radius 1 is 1.00 bits per heavy atom. The van der Waals surface area contributed by atoms with Gasteiger partial charge >= 0.3 is 6.03 Å². The summed E-state index contributed by atoms with van der Waals surface area (Å²) in [5, 5.41) is 26.1. The minimum absolute atomic E-state index is 0.0148. The van der Waals surface area contributed by atoms with E-state index in [0.717, 1.165) is 34.8 Å². The molecule has 0 radical (unpaired) electrons. The highest BCUT2D eigenvalue weighted by atomic mass is 19.3. The van der Waals surface area contributed by atoms with Gasteiger partial charge in [-0.2, -0.15) is 10.2 Å². The normalized spacial score (nSPS) is 23.7. The molecule has 3 N–H and O–H groups in total. The lowest BCUT2D eigenvalue weighted by atomic mass is 9.68. The van der Waals surface area contributed by atoms with E-state index >= 15 is 0 Å². The number of aromatic nitrogens is 4. The van der Waals surface area contributed by atoms with Crippen molar-refractivity contribution in [3.8, 4) is 0 Å². The van der Waals surface area contributed by atoms with Crippen LogP contribution in [0.25, 0.3) is 5.57 Å². The van der Waals surface area contributed by atoms with Crippen LogP contribution >= 0.6 is 0 Å². The summed E-state index contributed by atoms with van der Waals surface area (Å²) >= 11 is 0. The fourth-order valence-electron chi connectivity index (χ4n) is 10.9. The van der Waals surface area contributed by atoms with Crippen LogP contribution in [0.15, 0.2) is 48.3 Å². The summed E-state index contributed by atoms with van der Waals surface area (Å²) in [5.41, 5.74) is 3.60. The van der Waals surface area contributed by atoms with Gasteiger partial charge in [0, 0.05) is 106 Å². The summed E-state index contributed by atoms with van der Waals surface area (Å²) < 4.78 is 33.5. The van der Waals surface area contributed by atoms with Crippen LogP contribution in [0.2, 0.25) is 0 Å². The average Bonchev–Trinajstić information content (AvgIpc) is 3.99. The minimum atomic E-state index is -2.69. The molecule has 5 aliphatic heterocycles. The SMILES string of the molecule is CNC(=O)N1CCc2c(c(N3CCCC4(C)C=C(c5cnn(C)c5)C(C(F)F)=CC34)nn2C2CCN(C(=O)CCCCNc3cccc4c3C(=O)N(C3CCCN(O)C3=O)C4=O)CC2)C1. The fraction of sp³-hybridized carbons (Fsp3) is 0.543. The summed E-state index contributed by atoms with van der Waals surface area (Å²) in [6.07, 6.45) is 10.4. The van der Waals surface area contributed by atoms with E-state index in [9.17, 15) is 38.0 Å². The van der Waals surface area contributed by atoms with Crippen molar-refractivity contribution in [2.45, 2.75) is 102 Å². The number of carbonyl (C=O) groups excluding carboxylic acids is 5. The number of amides is 6. The molecule has 65 heavy (non-hydrogen) atoms. The van der Waals surface area contributed by atoms with Gasteiger partial charge in [-0.05, 0) is 69.1 Å². The Morgan fingerprint density at radius 3 is 2.54 bits per heavy atom. The summed E-state index contributed by atoms with van der Waals surface area (Å²) in [6, 6.07) is 3.38. The number of likely N-dealkylation sites (tertiary alicyclic amines) is 1. The number of alkyl halides is 2. The Morgan fingerprint density at radius 2 is 1.80 bits per heavy atom. The second kappa shape index (κ2) is 17.7. The highest BCUT2D eigenvalue weighted by Gasteiger charge is 2.47. The summed E-state index contributed by atoms with van der Waals surface area (Å²) in [7, 11) is 3.39. The molecule has 6 aliphatic rings. The molecule has 3 unspecified atom stereocenters. The van der Waals surface area contributed by atoms with E-state index in [1.54, 1.807) is 60.3 Å². The Balaban J connectivity index is 0.845. The highest BCUT2D eigenvalue weighted by Crippen LogP contribution is 2.49. The maximum absolute atomic E-state index is 14.9. The predicted molar refractivity (Wildman–Crippen MR) is 235 cm³/mol. The van der Waals surface area contributed by atoms with E-state index in [-0.39, 0.29) is 47.3 Å². The van der Waals surface area contributed by atoms with Crippen LogP contribution in [-0.2, 0) is 29.6 Å². The minimum Gasteiger partial charge on any atom is -0.384 e. The monoisotopic (exact) mass is 897 g/mol. The molecule has 7 heterocycles. The number of hydrogen-bond donors (Lipinski definition) is 3.